The van der Waals surface area contributed by atoms with Crippen molar-refractivity contribution in [1.82, 2.24) is 15.1 Å². The number of aromatic nitrogens is 2. The van der Waals surface area contributed by atoms with E-state index in [9.17, 15) is 9.59 Å². The zero-order valence-electron chi connectivity index (χ0n) is 12.2. The Morgan fingerprint density at radius 2 is 1.95 bits per heavy atom. The SMILES string of the molecule is CCN(CC)C(=O)C(C)Nc1ccc(C(=O)OC)nn1. The van der Waals surface area contributed by atoms with Gasteiger partial charge in [-0.05, 0) is 32.9 Å². The Labute approximate surface area is 118 Å². The number of rotatable bonds is 6. The molecular formula is C13H20N4O3. The van der Waals surface area contributed by atoms with Crippen LogP contribution in [0.2, 0.25) is 0 Å². The summed E-state index contributed by atoms with van der Waals surface area (Å²) >= 11 is 0. The quantitative estimate of drug-likeness (QED) is 0.780. The van der Waals surface area contributed by atoms with Crippen LogP contribution in [0, 0.1) is 0 Å². The van der Waals surface area contributed by atoms with Gasteiger partial charge in [-0.3, -0.25) is 4.79 Å². The lowest BCUT2D eigenvalue weighted by Gasteiger charge is -2.23. The van der Waals surface area contributed by atoms with E-state index in [-0.39, 0.29) is 11.6 Å². The van der Waals surface area contributed by atoms with Gasteiger partial charge in [0.15, 0.2) is 5.69 Å². The second-order valence-corrected chi connectivity index (χ2v) is 4.17. The minimum absolute atomic E-state index is 0.00570. The predicted molar refractivity (Wildman–Crippen MR) is 74.4 cm³/mol. The van der Waals surface area contributed by atoms with Crippen molar-refractivity contribution in [2.24, 2.45) is 0 Å². The number of esters is 1. The van der Waals surface area contributed by atoms with E-state index in [2.05, 4.69) is 20.3 Å². The molecule has 0 fully saturated rings. The molecule has 0 bridgehead atoms. The van der Waals surface area contributed by atoms with Crippen LogP contribution in [0.3, 0.4) is 0 Å². The molecule has 1 heterocycles. The summed E-state index contributed by atoms with van der Waals surface area (Å²) in [7, 11) is 1.28. The monoisotopic (exact) mass is 280 g/mol. The fraction of sp³-hybridized carbons (Fsp3) is 0.538. The highest BCUT2D eigenvalue weighted by Gasteiger charge is 2.18. The summed E-state index contributed by atoms with van der Waals surface area (Å²) in [5, 5.41) is 10.5. The van der Waals surface area contributed by atoms with Gasteiger partial charge < -0.3 is 15.0 Å². The number of hydrogen-bond acceptors (Lipinski definition) is 6. The molecule has 0 aromatic carbocycles. The Morgan fingerprint density at radius 3 is 2.40 bits per heavy atom. The number of likely N-dealkylation sites (N-methyl/N-ethyl adjacent to an activating group) is 1. The van der Waals surface area contributed by atoms with E-state index in [0.29, 0.717) is 18.9 Å². The van der Waals surface area contributed by atoms with Crippen molar-refractivity contribution >= 4 is 17.7 Å². The first-order valence-corrected chi connectivity index (χ1v) is 6.50. The van der Waals surface area contributed by atoms with Crippen LogP contribution in [0.1, 0.15) is 31.3 Å². The summed E-state index contributed by atoms with van der Waals surface area (Å²) in [6.45, 7) is 6.94. The van der Waals surface area contributed by atoms with Crippen LogP contribution < -0.4 is 5.32 Å². The Morgan fingerprint density at radius 1 is 1.30 bits per heavy atom. The van der Waals surface area contributed by atoms with Crippen LogP contribution in [0.5, 0.6) is 0 Å². The number of nitrogens with one attached hydrogen (secondary N) is 1. The Balaban J connectivity index is 2.69. The maximum atomic E-state index is 12.1. The third-order valence-electron chi connectivity index (χ3n) is 2.87. The maximum Gasteiger partial charge on any atom is 0.358 e. The number of carbonyl (C=O) groups excluding carboxylic acids is 2. The average molecular weight is 280 g/mol. The fourth-order valence-electron chi connectivity index (χ4n) is 1.72. The third-order valence-corrected chi connectivity index (χ3v) is 2.87. The standard InChI is InChI=1S/C13H20N4O3/c1-5-17(6-2)12(18)9(3)14-11-8-7-10(15-16-11)13(19)20-4/h7-9H,5-6H2,1-4H3,(H,14,16). The molecule has 0 aliphatic heterocycles. The molecule has 0 saturated heterocycles. The average Bonchev–Trinajstić information content (AvgIpc) is 2.48. The number of amides is 1. The topological polar surface area (TPSA) is 84.4 Å². The summed E-state index contributed by atoms with van der Waals surface area (Å²) in [5.41, 5.74) is 0.126. The number of methoxy groups -OCH3 is 1. The molecule has 1 N–H and O–H groups in total. The lowest BCUT2D eigenvalue weighted by molar-refractivity contribution is -0.131. The smallest absolute Gasteiger partial charge is 0.358 e. The summed E-state index contributed by atoms with van der Waals surface area (Å²) in [6, 6.07) is 2.68. The van der Waals surface area contributed by atoms with Gasteiger partial charge in [0.1, 0.15) is 11.9 Å². The molecule has 110 valence electrons. The van der Waals surface area contributed by atoms with Gasteiger partial charge in [-0.1, -0.05) is 0 Å². The van der Waals surface area contributed by atoms with Gasteiger partial charge in [0.2, 0.25) is 5.91 Å². The van der Waals surface area contributed by atoms with Gasteiger partial charge in [0.05, 0.1) is 7.11 Å². The van der Waals surface area contributed by atoms with Crippen LogP contribution in [-0.4, -0.2) is 53.2 Å². The van der Waals surface area contributed by atoms with E-state index in [0.717, 1.165) is 0 Å². The van der Waals surface area contributed by atoms with E-state index in [1.165, 1.54) is 13.2 Å². The van der Waals surface area contributed by atoms with Crippen LogP contribution in [0.4, 0.5) is 5.82 Å². The predicted octanol–water partition coefficient (Wildman–Crippen LogP) is 0.932. The van der Waals surface area contributed by atoms with Crippen molar-refractivity contribution in [1.29, 1.82) is 0 Å². The van der Waals surface area contributed by atoms with Crippen LogP contribution >= 0.6 is 0 Å². The van der Waals surface area contributed by atoms with Crippen LogP contribution in [0.15, 0.2) is 12.1 Å². The summed E-state index contributed by atoms with van der Waals surface area (Å²) in [5.74, 6) is -0.115. The first-order valence-electron chi connectivity index (χ1n) is 6.50. The van der Waals surface area contributed by atoms with Crippen molar-refractivity contribution in [2.45, 2.75) is 26.8 Å². The fourth-order valence-corrected chi connectivity index (χ4v) is 1.72. The molecule has 1 atom stereocenters. The number of carbonyl (C=O) groups is 2. The highest BCUT2D eigenvalue weighted by molar-refractivity contribution is 5.87. The van der Waals surface area contributed by atoms with Crippen molar-refractivity contribution in [3.8, 4) is 0 Å². The van der Waals surface area contributed by atoms with Crippen LogP contribution in [-0.2, 0) is 9.53 Å². The minimum atomic E-state index is -0.545. The highest BCUT2D eigenvalue weighted by atomic mass is 16.5. The Kier molecular flexibility index (Phi) is 5.89. The van der Waals surface area contributed by atoms with Gasteiger partial charge in [0.25, 0.3) is 0 Å². The molecule has 20 heavy (non-hydrogen) atoms. The summed E-state index contributed by atoms with van der Waals surface area (Å²) in [4.78, 5) is 25.0. The van der Waals surface area contributed by atoms with E-state index in [4.69, 9.17) is 0 Å². The molecule has 0 aliphatic rings. The molecule has 0 radical (unpaired) electrons. The Hall–Kier alpha value is -2.18. The molecule has 1 unspecified atom stereocenters. The van der Waals surface area contributed by atoms with E-state index in [1.807, 2.05) is 13.8 Å². The second kappa shape index (κ2) is 7.42. The van der Waals surface area contributed by atoms with Gasteiger partial charge in [-0.2, -0.15) is 0 Å². The molecular weight excluding hydrogens is 260 g/mol. The second-order valence-electron chi connectivity index (χ2n) is 4.17. The maximum absolute atomic E-state index is 12.1. The normalized spacial score (nSPS) is 11.6. The van der Waals surface area contributed by atoms with Gasteiger partial charge >= 0.3 is 5.97 Å². The van der Waals surface area contributed by atoms with E-state index in [1.54, 1.807) is 17.9 Å². The van der Waals surface area contributed by atoms with Crippen molar-refractivity contribution in [3.63, 3.8) is 0 Å². The molecule has 1 aromatic heterocycles. The first kappa shape index (κ1) is 15.9. The van der Waals surface area contributed by atoms with Crippen LogP contribution in [0.25, 0.3) is 0 Å². The Bertz CT molecular complexity index is 457. The van der Waals surface area contributed by atoms with Crippen molar-refractivity contribution < 1.29 is 14.3 Å². The molecule has 1 amide bonds. The van der Waals surface area contributed by atoms with Gasteiger partial charge in [-0.15, -0.1) is 10.2 Å². The molecule has 7 heteroatoms. The molecule has 1 rings (SSSR count). The number of hydrogen-bond donors (Lipinski definition) is 1. The molecule has 0 saturated carbocycles. The third kappa shape index (κ3) is 3.91. The lowest BCUT2D eigenvalue weighted by atomic mass is 10.2. The molecule has 0 aliphatic carbocycles. The van der Waals surface area contributed by atoms with E-state index >= 15 is 0 Å². The highest BCUT2D eigenvalue weighted by Crippen LogP contribution is 2.06. The summed E-state index contributed by atoms with van der Waals surface area (Å²) in [6.07, 6.45) is 0. The largest absolute Gasteiger partial charge is 0.464 e. The first-order chi connectivity index (χ1) is 9.53. The molecule has 1 aromatic rings. The minimum Gasteiger partial charge on any atom is -0.464 e. The summed E-state index contributed by atoms with van der Waals surface area (Å²) < 4.78 is 4.53. The zero-order chi connectivity index (χ0) is 15.1. The zero-order valence-corrected chi connectivity index (χ0v) is 12.2. The molecule has 7 nitrogen and oxygen atoms in total. The van der Waals surface area contributed by atoms with Gasteiger partial charge in [-0.25, -0.2) is 4.79 Å². The van der Waals surface area contributed by atoms with Crippen molar-refractivity contribution in [3.05, 3.63) is 17.8 Å². The number of anilines is 1. The van der Waals surface area contributed by atoms with Gasteiger partial charge in [0, 0.05) is 13.1 Å². The lowest BCUT2D eigenvalue weighted by Crippen LogP contribution is -2.41. The molecule has 0 spiro atoms. The number of ether oxygens (including phenoxy) is 1. The number of nitrogens with zero attached hydrogens (tertiary/aromatic N) is 3. The van der Waals surface area contributed by atoms with E-state index < -0.39 is 12.0 Å². The van der Waals surface area contributed by atoms with Crippen molar-refractivity contribution in [2.75, 3.05) is 25.5 Å².